The number of hydrogen-bond donors (Lipinski definition) is 2. The number of fused-ring (bicyclic) bond motifs is 1. The van der Waals surface area contributed by atoms with Crippen LogP contribution in [-0.2, 0) is 0 Å². The number of nitrogens with zero attached hydrogens (tertiary/aromatic N) is 1. The van der Waals surface area contributed by atoms with Crippen LogP contribution in [-0.4, -0.2) is 21.9 Å². The number of anilines is 1. The standard InChI is InChI=1S/C22H14F3N3O2/c1-11(29)12-3-2-4-13(9-12)14-5-6-15-18(10-14)27-28-21(15)26-22(30)19-16(23)7-8-17(24)20(19)25/h2-10H,1H3,(H2,26,27,28,30). The average molecular weight is 409 g/mol. The van der Waals surface area contributed by atoms with E-state index in [0.29, 0.717) is 28.6 Å². The molecule has 1 amide bonds. The molecule has 0 unspecified atom stereocenters. The highest BCUT2D eigenvalue weighted by atomic mass is 19.2. The van der Waals surface area contributed by atoms with Crippen molar-refractivity contribution in [2.75, 3.05) is 5.32 Å². The summed E-state index contributed by atoms with van der Waals surface area (Å²) >= 11 is 0. The largest absolute Gasteiger partial charge is 0.304 e. The van der Waals surface area contributed by atoms with Crippen LogP contribution in [0, 0.1) is 17.5 Å². The Morgan fingerprint density at radius 3 is 2.43 bits per heavy atom. The molecule has 0 saturated heterocycles. The summed E-state index contributed by atoms with van der Waals surface area (Å²) in [6, 6.07) is 13.6. The smallest absolute Gasteiger partial charge is 0.262 e. The fourth-order valence-corrected chi connectivity index (χ4v) is 3.12. The van der Waals surface area contributed by atoms with Gasteiger partial charge in [-0.2, -0.15) is 5.10 Å². The zero-order chi connectivity index (χ0) is 21.4. The number of hydrogen-bond acceptors (Lipinski definition) is 3. The predicted octanol–water partition coefficient (Wildman–Crippen LogP) is 5.10. The number of nitrogens with one attached hydrogen (secondary N) is 2. The van der Waals surface area contributed by atoms with Crippen molar-refractivity contribution < 1.29 is 22.8 Å². The minimum Gasteiger partial charge on any atom is -0.304 e. The lowest BCUT2D eigenvalue weighted by Crippen LogP contribution is -2.17. The van der Waals surface area contributed by atoms with E-state index in [1.807, 2.05) is 6.07 Å². The number of amides is 1. The molecule has 8 heteroatoms. The minimum absolute atomic E-state index is 0.0436. The third kappa shape index (κ3) is 3.43. The number of benzene rings is 3. The molecule has 0 atom stereocenters. The molecule has 0 aliphatic carbocycles. The lowest BCUT2D eigenvalue weighted by molar-refractivity contribution is 0.100. The SMILES string of the molecule is CC(=O)c1cccc(-c2ccc3c(NC(=O)c4c(F)ccc(F)c4F)n[nH]c3c2)c1. The number of Topliss-reactive ketones (excluding diaryl/α,β-unsaturated/α-hetero) is 1. The zero-order valence-corrected chi connectivity index (χ0v) is 15.6. The van der Waals surface area contributed by atoms with Gasteiger partial charge in [-0.25, -0.2) is 13.2 Å². The van der Waals surface area contributed by atoms with Gasteiger partial charge in [-0.1, -0.05) is 24.3 Å². The van der Waals surface area contributed by atoms with Crippen molar-refractivity contribution in [1.29, 1.82) is 0 Å². The van der Waals surface area contributed by atoms with Crippen LogP contribution in [0.5, 0.6) is 0 Å². The Bertz CT molecular complexity index is 1310. The first-order valence-corrected chi connectivity index (χ1v) is 8.89. The third-order valence-corrected chi connectivity index (χ3v) is 4.67. The molecule has 5 nitrogen and oxygen atoms in total. The number of carbonyl (C=O) groups is 2. The Morgan fingerprint density at radius 2 is 1.67 bits per heavy atom. The molecule has 0 bridgehead atoms. The van der Waals surface area contributed by atoms with Crippen LogP contribution in [0.15, 0.2) is 54.6 Å². The van der Waals surface area contributed by atoms with E-state index < -0.39 is 28.9 Å². The molecule has 0 aliphatic heterocycles. The van der Waals surface area contributed by atoms with Gasteiger partial charge in [0.15, 0.2) is 23.2 Å². The Morgan fingerprint density at radius 1 is 0.933 bits per heavy atom. The summed E-state index contributed by atoms with van der Waals surface area (Å²) in [5.74, 6) is -5.25. The topological polar surface area (TPSA) is 74.8 Å². The molecule has 0 aliphatic rings. The molecule has 2 N–H and O–H groups in total. The summed E-state index contributed by atoms with van der Waals surface area (Å²) < 4.78 is 41.1. The van der Waals surface area contributed by atoms with Gasteiger partial charge in [0.2, 0.25) is 0 Å². The second-order valence-corrected chi connectivity index (χ2v) is 6.64. The van der Waals surface area contributed by atoms with Crippen molar-refractivity contribution in [2.45, 2.75) is 6.92 Å². The molecular formula is C22H14F3N3O2. The molecule has 4 aromatic rings. The van der Waals surface area contributed by atoms with E-state index in [9.17, 15) is 22.8 Å². The van der Waals surface area contributed by atoms with E-state index in [1.54, 1.807) is 36.4 Å². The van der Waals surface area contributed by atoms with E-state index in [2.05, 4.69) is 15.5 Å². The maximum absolute atomic E-state index is 13.9. The quantitative estimate of drug-likeness (QED) is 0.364. The van der Waals surface area contributed by atoms with E-state index in [4.69, 9.17) is 0 Å². The molecule has 3 aromatic carbocycles. The fraction of sp³-hybridized carbons (Fsp3) is 0.0455. The van der Waals surface area contributed by atoms with Gasteiger partial charge < -0.3 is 5.32 Å². The third-order valence-electron chi connectivity index (χ3n) is 4.67. The van der Waals surface area contributed by atoms with Crippen LogP contribution in [0.2, 0.25) is 0 Å². The number of halogens is 3. The molecule has 1 heterocycles. The number of carbonyl (C=O) groups excluding carboxylic acids is 2. The van der Waals surface area contributed by atoms with Crippen LogP contribution >= 0.6 is 0 Å². The molecule has 0 radical (unpaired) electrons. The van der Waals surface area contributed by atoms with Crippen molar-refractivity contribution in [3.8, 4) is 11.1 Å². The van der Waals surface area contributed by atoms with Crippen molar-refractivity contribution in [3.63, 3.8) is 0 Å². The second-order valence-electron chi connectivity index (χ2n) is 6.64. The lowest BCUT2D eigenvalue weighted by Gasteiger charge is -2.06. The van der Waals surface area contributed by atoms with Gasteiger partial charge in [-0.3, -0.25) is 14.7 Å². The number of rotatable bonds is 4. The minimum atomic E-state index is -1.57. The number of H-pyrrole nitrogens is 1. The van der Waals surface area contributed by atoms with Gasteiger partial charge in [0, 0.05) is 10.9 Å². The molecule has 4 rings (SSSR count). The Kier molecular flexibility index (Phi) is 4.83. The highest BCUT2D eigenvalue weighted by Gasteiger charge is 2.22. The van der Waals surface area contributed by atoms with Crippen molar-refractivity contribution >= 4 is 28.4 Å². The summed E-state index contributed by atoms with van der Waals surface area (Å²) in [5, 5.41) is 9.51. The van der Waals surface area contributed by atoms with Gasteiger partial charge in [-0.05, 0) is 48.4 Å². The number of aromatic nitrogens is 2. The van der Waals surface area contributed by atoms with Crippen LogP contribution in [0.4, 0.5) is 19.0 Å². The van der Waals surface area contributed by atoms with E-state index in [1.165, 1.54) is 6.92 Å². The van der Waals surface area contributed by atoms with Gasteiger partial charge in [0.1, 0.15) is 11.4 Å². The molecule has 1 aromatic heterocycles. The maximum atomic E-state index is 13.9. The molecule has 0 spiro atoms. The van der Waals surface area contributed by atoms with Crippen LogP contribution in [0.25, 0.3) is 22.0 Å². The molecule has 30 heavy (non-hydrogen) atoms. The Labute approximate surface area is 168 Å². The van der Waals surface area contributed by atoms with Crippen LogP contribution in [0.3, 0.4) is 0 Å². The van der Waals surface area contributed by atoms with Crippen molar-refractivity contribution in [2.24, 2.45) is 0 Å². The van der Waals surface area contributed by atoms with E-state index in [0.717, 1.165) is 11.1 Å². The van der Waals surface area contributed by atoms with Crippen LogP contribution in [0.1, 0.15) is 27.6 Å². The maximum Gasteiger partial charge on any atom is 0.262 e. The molecule has 150 valence electrons. The van der Waals surface area contributed by atoms with Gasteiger partial charge in [-0.15, -0.1) is 0 Å². The highest BCUT2D eigenvalue weighted by molar-refractivity contribution is 6.08. The van der Waals surface area contributed by atoms with Gasteiger partial charge in [0.05, 0.1) is 5.52 Å². The highest BCUT2D eigenvalue weighted by Crippen LogP contribution is 2.28. The molecule has 0 saturated carbocycles. The van der Waals surface area contributed by atoms with Crippen molar-refractivity contribution in [3.05, 3.63) is 83.2 Å². The summed E-state index contributed by atoms with van der Waals surface area (Å²) in [6.45, 7) is 1.48. The number of aromatic amines is 1. The van der Waals surface area contributed by atoms with E-state index >= 15 is 0 Å². The first-order valence-electron chi connectivity index (χ1n) is 8.89. The monoisotopic (exact) mass is 409 g/mol. The Hall–Kier alpha value is -3.94. The summed E-state index contributed by atoms with van der Waals surface area (Å²) in [5.41, 5.74) is 1.72. The Balaban J connectivity index is 1.67. The summed E-state index contributed by atoms with van der Waals surface area (Å²) in [6.07, 6.45) is 0. The molecular weight excluding hydrogens is 395 g/mol. The summed E-state index contributed by atoms with van der Waals surface area (Å²) in [4.78, 5) is 23.9. The lowest BCUT2D eigenvalue weighted by atomic mass is 10.0. The predicted molar refractivity (Wildman–Crippen MR) is 106 cm³/mol. The zero-order valence-electron chi connectivity index (χ0n) is 15.6. The summed E-state index contributed by atoms with van der Waals surface area (Å²) in [7, 11) is 0. The van der Waals surface area contributed by atoms with Crippen LogP contribution < -0.4 is 5.32 Å². The van der Waals surface area contributed by atoms with Crippen molar-refractivity contribution in [1.82, 2.24) is 10.2 Å². The van der Waals surface area contributed by atoms with Gasteiger partial charge >= 0.3 is 0 Å². The fourth-order valence-electron chi connectivity index (χ4n) is 3.12. The normalized spacial score (nSPS) is 10.9. The molecule has 0 fully saturated rings. The van der Waals surface area contributed by atoms with Gasteiger partial charge in [0.25, 0.3) is 5.91 Å². The second kappa shape index (κ2) is 7.47. The van der Waals surface area contributed by atoms with E-state index in [-0.39, 0.29) is 11.6 Å². The first kappa shape index (κ1) is 19.4. The average Bonchev–Trinajstić information content (AvgIpc) is 3.13. The first-order chi connectivity index (χ1) is 14.3. The number of ketones is 1.